The van der Waals surface area contributed by atoms with Gasteiger partial charge in [0.1, 0.15) is 11.3 Å². The number of nitrogens with one attached hydrogen (secondary N) is 1. The van der Waals surface area contributed by atoms with Crippen molar-refractivity contribution in [1.82, 2.24) is 10.2 Å². The number of rotatable bonds is 3. The SMILES string of the molecule is O=C1NC(=O)N(Cc2ccco2)C(=O)/C1=C/c1ccc(Cl)cc1. The molecule has 0 atom stereocenters. The molecule has 0 radical (unpaired) electrons. The fourth-order valence-corrected chi connectivity index (χ4v) is 2.25. The fourth-order valence-electron chi connectivity index (χ4n) is 2.12. The molecule has 2 aromatic rings. The highest BCUT2D eigenvalue weighted by molar-refractivity contribution is 6.31. The fraction of sp³-hybridized carbons (Fsp3) is 0.0625. The summed E-state index contributed by atoms with van der Waals surface area (Å²) in [5, 5.41) is 2.69. The van der Waals surface area contributed by atoms with Gasteiger partial charge >= 0.3 is 6.03 Å². The standard InChI is InChI=1S/C16H11ClN2O4/c17-11-5-3-10(4-6-11)8-13-14(20)18-16(22)19(15(13)21)9-12-2-1-7-23-12/h1-8H,9H2,(H,18,20,22)/b13-8+. The van der Waals surface area contributed by atoms with E-state index < -0.39 is 17.8 Å². The van der Waals surface area contributed by atoms with Gasteiger partial charge in [-0.1, -0.05) is 23.7 Å². The summed E-state index contributed by atoms with van der Waals surface area (Å²) >= 11 is 5.80. The molecule has 0 unspecified atom stereocenters. The molecule has 3 rings (SSSR count). The van der Waals surface area contributed by atoms with E-state index in [-0.39, 0.29) is 12.1 Å². The van der Waals surface area contributed by atoms with Crippen molar-refractivity contribution in [2.24, 2.45) is 0 Å². The minimum absolute atomic E-state index is 0.0527. The van der Waals surface area contributed by atoms with E-state index in [0.29, 0.717) is 16.3 Å². The number of hydrogen-bond donors (Lipinski definition) is 1. The van der Waals surface area contributed by atoms with Gasteiger partial charge in [-0.3, -0.25) is 19.8 Å². The summed E-state index contributed by atoms with van der Waals surface area (Å²) in [7, 11) is 0. The van der Waals surface area contributed by atoms with Crippen molar-refractivity contribution in [2.45, 2.75) is 6.54 Å². The highest BCUT2D eigenvalue weighted by atomic mass is 35.5. The third-order valence-corrected chi connectivity index (χ3v) is 3.51. The maximum atomic E-state index is 12.5. The van der Waals surface area contributed by atoms with Crippen molar-refractivity contribution in [2.75, 3.05) is 0 Å². The number of nitrogens with zero attached hydrogens (tertiary/aromatic N) is 1. The predicted octanol–water partition coefficient (Wildman–Crippen LogP) is 2.60. The number of benzene rings is 1. The van der Waals surface area contributed by atoms with Gasteiger partial charge in [0.25, 0.3) is 11.8 Å². The summed E-state index contributed by atoms with van der Waals surface area (Å²) < 4.78 is 5.13. The third-order valence-electron chi connectivity index (χ3n) is 3.26. The molecule has 0 bridgehead atoms. The Balaban J connectivity index is 1.90. The van der Waals surface area contributed by atoms with Crippen LogP contribution in [0.5, 0.6) is 0 Å². The molecular formula is C16H11ClN2O4. The second-order valence-electron chi connectivity index (χ2n) is 4.84. The van der Waals surface area contributed by atoms with E-state index in [9.17, 15) is 14.4 Å². The van der Waals surface area contributed by atoms with Crippen LogP contribution in [0.1, 0.15) is 11.3 Å². The normalized spacial score (nSPS) is 16.8. The Kier molecular flexibility index (Phi) is 3.99. The first-order valence-corrected chi connectivity index (χ1v) is 7.09. The number of furan rings is 1. The van der Waals surface area contributed by atoms with Crippen molar-refractivity contribution >= 4 is 35.5 Å². The van der Waals surface area contributed by atoms with Crippen molar-refractivity contribution in [3.8, 4) is 0 Å². The van der Waals surface area contributed by atoms with Crippen LogP contribution in [-0.2, 0) is 16.1 Å². The number of barbiturate groups is 1. The molecule has 1 N–H and O–H groups in total. The van der Waals surface area contributed by atoms with Crippen LogP contribution in [0.4, 0.5) is 4.79 Å². The monoisotopic (exact) mass is 330 g/mol. The summed E-state index contributed by atoms with van der Waals surface area (Å²) in [6.07, 6.45) is 2.85. The number of imide groups is 2. The van der Waals surface area contributed by atoms with Gasteiger partial charge in [0.2, 0.25) is 0 Å². The molecule has 1 aromatic heterocycles. The Bertz CT molecular complexity index is 794. The molecular weight excluding hydrogens is 320 g/mol. The molecule has 0 spiro atoms. The summed E-state index contributed by atoms with van der Waals surface area (Å²) in [6.45, 7) is -0.0527. The van der Waals surface area contributed by atoms with Gasteiger partial charge in [0.05, 0.1) is 12.8 Å². The van der Waals surface area contributed by atoms with E-state index in [1.807, 2.05) is 0 Å². The molecule has 1 aliphatic rings. The van der Waals surface area contributed by atoms with Gasteiger partial charge in [-0.05, 0) is 35.9 Å². The molecule has 23 heavy (non-hydrogen) atoms. The Morgan fingerprint density at radius 2 is 1.87 bits per heavy atom. The second kappa shape index (κ2) is 6.10. The lowest BCUT2D eigenvalue weighted by Gasteiger charge is -2.25. The van der Waals surface area contributed by atoms with E-state index >= 15 is 0 Å². The smallest absolute Gasteiger partial charge is 0.331 e. The van der Waals surface area contributed by atoms with E-state index in [2.05, 4.69) is 5.32 Å². The van der Waals surface area contributed by atoms with Crippen molar-refractivity contribution < 1.29 is 18.8 Å². The molecule has 1 saturated heterocycles. The maximum absolute atomic E-state index is 12.5. The van der Waals surface area contributed by atoms with E-state index in [0.717, 1.165) is 4.90 Å². The molecule has 1 fully saturated rings. The molecule has 2 heterocycles. The van der Waals surface area contributed by atoms with E-state index in [4.69, 9.17) is 16.0 Å². The first kappa shape index (κ1) is 15.1. The van der Waals surface area contributed by atoms with Crippen LogP contribution in [0, 0.1) is 0 Å². The molecule has 0 aliphatic carbocycles. The Morgan fingerprint density at radius 1 is 1.13 bits per heavy atom. The van der Waals surface area contributed by atoms with Gasteiger partial charge in [0, 0.05) is 5.02 Å². The molecule has 0 saturated carbocycles. The molecule has 6 nitrogen and oxygen atoms in total. The average Bonchev–Trinajstić information content (AvgIpc) is 3.03. The van der Waals surface area contributed by atoms with Crippen LogP contribution < -0.4 is 5.32 Å². The zero-order valence-electron chi connectivity index (χ0n) is 11.8. The first-order chi connectivity index (χ1) is 11.0. The number of amides is 4. The lowest BCUT2D eigenvalue weighted by molar-refractivity contribution is -0.130. The van der Waals surface area contributed by atoms with Gasteiger partial charge in [-0.25, -0.2) is 4.79 Å². The number of carbonyl (C=O) groups excluding carboxylic acids is 3. The largest absolute Gasteiger partial charge is 0.467 e. The van der Waals surface area contributed by atoms with Crippen molar-refractivity contribution in [3.63, 3.8) is 0 Å². The zero-order valence-corrected chi connectivity index (χ0v) is 12.5. The minimum atomic E-state index is -0.773. The summed E-state index contributed by atoms with van der Waals surface area (Å²) in [6, 6.07) is 9.14. The van der Waals surface area contributed by atoms with E-state index in [1.54, 1.807) is 36.4 Å². The second-order valence-corrected chi connectivity index (χ2v) is 5.28. The zero-order chi connectivity index (χ0) is 16.4. The highest BCUT2D eigenvalue weighted by Crippen LogP contribution is 2.18. The average molecular weight is 331 g/mol. The molecule has 116 valence electrons. The molecule has 1 aliphatic heterocycles. The summed E-state index contributed by atoms with van der Waals surface area (Å²) in [5.41, 5.74) is 0.499. The quantitative estimate of drug-likeness (QED) is 0.693. The lowest BCUT2D eigenvalue weighted by atomic mass is 10.1. The molecule has 1 aromatic carbocycles. The van der Waals surface area contributed by atoms with Crippen LogP contribution in [0.2, 0.25) is 5.02 Å². The van der Waals surface area contributed by atoms with Gasteiger partial charge in [-0.2, -0.15) is 0 Å². The van der Waals surface area contributed by atoms with Gasteiger partial charge < -0.3 is 4.42 Å². The number of carbonyl (C=O) groups is 3. The number of halogens is 1. The van der Waals surface area contributed by atoms with Crippen LogP contribution in [-0.4, -0.2) is 22.7 Å². The maximum Gasteiger partial charge on any atom is 0.331 e. The predicted molar refractivity (Wildman–Crippen MR) is 82.2 cm³/mol. The molecule has 7 heteroatoms. The van der Waals surface area contributed by atoms with Crippen LogP contribution in [0.25, 0.3) is 6.08 Å². The number of urea groups is 1. The van der Waals surface area contributed by atoms with Crippen LogP contribution in [0.3, 0.4) is 0 Å². The minimum Gasteiger partial charge on any atom is -0.467 e. The van der Waals surface area contributed by atoms with Crippen molar-refractivity contribution in [1.29, 1.82) is 0 Å². The third kappa shape index (κ3) is 3.17. The molecule has 4 amide bonds. The van der Waals surface area contributed by atoms with Crippen LogP contribution >= 0.6 is 11.6 Å². The van der Waals surface area contributed by atoms with E-state index in [1.165, 1.54) is 12.3 Å². The Labute approximate surface area is 136 Å². The first-order valence-electron chi connectivity index (χ1n) is 6.71. The topological polar surface area (TPSA) is 79.6 Å². The van der Waals surface area contributed by atoms with Crippen molar-refractivity contribution in [3.05, 3.63) is 64.6 Å². The van der Waals surface area contributed by atoms with Gasteiger partial charge in [0.15, 0.2) is 0 Å². The van der Waals surface area contributed by atoms with Crippen LogP contribution in [0.15, 0.2) is 52.7 Å². The lowest BCUT2D eigenvalue weighted by Crippen LogP contribution is -2.53. The summed E-state index contributed by atoms with van der Waals surface area (Å²) in [4.78, 5) is 37.2. The Morgan fingerprint density at radius 3 is 2.52 bits per heavy atom. The van der Waals surface area contributed by atoms with Gasteiger partial charge in [-0.15, -0.1) is 0 Å². The highest BCUT2D eigenvalue weighted by Gasteiger charge is 2.36. The Hall–Kier alpha value is -2.86. The summed E-state index contributed by atoms with van der Waals surface area (Å²) in [5.74, 6) is -0.968. The number of hydrogen-bond acceptors (Lipinski definition) is 4.